The van der Waals surface area contributed by atoms with Crippen molar-refractivity contribution in [3.63, 3.8) is 0 Å². The number of nitrogens with one attached hydrogen (secondary N) is 1. The molecule has 1 amide bonds. The lowest BCUT2D eigenvalue weighted by Crippen LogP contribution is -2.27. The summed E-state index contributed by atoms with van der Waals surface area (Å²) in [5.74, 6) is -0.490. The van der Waals surface area contributed by atoms with Crippen LogP contribution in [0.15, 0.2) is 53.1 Å². The van der Waals surface area contributed by atoms with Crippen LogP contribution in [0.3, 0.4) is 0 Å². The Kier molecular flexibility index (Phi) is 9.24. The van der Waals surface area contributed by atoms with E-state index in [9.17, 15) is 14.3 Å². The molecule has 0 aliphatic heterocycles. The molecule has 0 fully saturated rings. The second-order valence-electron chi connectivity index (χ2n) is 9.33. The molecule has 0 radical (unpaired) electrons. The molecule has 170 valence electrons. The molecule has 1 aromatic rings. The number of halogens is 1. The van der Waals surface area contributed by atoms with Gasteiger partial charge in [0, 0.05) is 17.7 Å². The van der Waals surface area contributed by atoms with Crippen molar-refractivity contribution >= 4 is 11.7 Å². The summed E-state index contributed by atoms with van der Waals surface area (Å²) in [6, 6.07) is 6.56. The van der Waals surface area contributed by atoms with E-state index < -0.39 is 0 Å². The highest BCUT2D eigenvalue weighted by Gasteiger charge is 2.26. The molecule has 0 saturated heterocycles. The maximum atomic E-state index is 15.0. The second kappa shape index (κ2) is 11.4. The first-order valence-corrected chi connectivity index (χ1v) is 11.5. The van der Waals surface area contributed by atoms with Crippen LogP contribution >= 0.6 is 0 Å². The summed E-state index contributed by atoms with van der Waals surface area (Å²) < 4.78 is 15.0. The van der Waals surface area contributed by atoms with Crippen LogP contribution in [0.5, 0.6) is 0 Å². The highest BCUT2D eigenvalue weighted by atomic mass is 19.1. The molecular weight excluding hydrogens is 389 g/mol. The molecule has 2 N–H and O–H groups in total. The Balaban J connectivity index is 2.04. The summed E-state index contributed by atoms with van der Waals surface area (Å²) >= 11 is 0. The van der Waals surface area contributed by atoms with Gasteiger partial charge in [0.25, 0.3) is 5.91 Å². The smallest absolute Gasteiger partial charge is 0.251 e. The van der Waals surface area contributed by atoms with Crippen molar-refractivity contribution < 1.29 is 14.3 Å². The number of rotatable bonds is 9. The Labute approximate surface area is 187 Å². The van der Waals surface area contributed by atoms with Crippen LogP contribution in [-0.2, 0) is 0 Å². The van der Waals surface area contributed by atoms with Crippen molar-refractivity contribution in [2.45, 2.75) is 79.2 Å². The van der Waals surface area contributed by atoms with Crippen LogP contribution in [-0.4, -0.2) is 23.7 Å². The number of aliphatic hydroxyl groups is 1. The zero-order chi connectivity index (χ0) is 23.0. The zero-order valence-electron chi connectivity index (χ0n) is 19.7. The maximum absolute atomic E-state index is 15.0. The van der Waals surface area contributed by atoms with Crippen molar-refractivity contribution in [2.24, 2.45) is 5.41 Å². The SMILES string of the molecule is CCCC(O)CCNC(=O)c1ccc(C(F)=C(C)C=CC2=C(C)CCCC2(C)C)cc1. The number of allylic oxidation sites excluding steroid dienone is 5. The van der Waals surface area contributed by atoms with Crippen molar-refractivity contribution in [1.82, 2.24) is 5.32 Å². The minimum absolute atomic E-state index is 0.122. The van der Waals surface area contributed by atoms with Gasteiger partial charge in [0.2, 0.25) is 0 Å². The van der Waals surface area contributed by atoms with Gasteiger partial charge in [-0.25, -0.2) is 4.39 Å². The predicted molar refractivity (Wildman–Crippen MR) is 127 cm³/mol. The summed E-state index contributed by atoms with van der Waals surface area (Å²) in [5.41, 5.74) is 4.34. The summed E-state index contributed by atoms with van der Waals surface area (Å²) in [7, 11) is 0. The molecule has 1 atom stereocenters. The van der Waals surface area contributed by atoms with E-state index in [-0.39, 0.29) is 23.3 Å². The van der Waals surface area contributed by atoms with Crippen molar-refractivity contribution in [3.05, 3.63) is 64.3 Å². The first-order chi connectivity index (χ1) is 14.7. The average Bonchev–Trinajstić information content (AvgIpc) is 2.72. The number of carbonyl (C=O) groups is 1. The first-order valence-electron chi connectivity index (χ1n) is 11.5. The van der Waals surface area contributed by atoms with Crippen molar-refractivity contribution in [2.75, 3.05) is 6.54 Å². The third-order valence-corrected chi connectivity index (χ3v) is 6.17. The summed E-state index contributed by atoms with van der Waals surface area (Å²) in [4.78, 5) is 12.3. The van der Waals surface area contributed by atoms with Crippen LogP contribution < -0.4 is 5.32 Å². The monoisotopic (exact) mass is 427 g/mol. The average molecular weight is 428 g/mol. The molecule has 0 bridgehead atoms. The molecule has 0 saturated carbocycles. The molecule has 0 spiro atoms. The van der Waals surface area contributed by atoms with E-state index in [0.29, 0.717) is 29.7 Å². The molecule has 0 aromatic heterocycles. The van der Waals surface area contributed by atoms with Gasteiger partial charge in [-0.1, -0.05) is 57.0 Å². The third kappa shape index (κ3) is 7.17. The maximum Gasteiger partial charge on any atom is 0.251 e. The Hall–Kier alpha value is -2.20. The van der Waals surface area contributed by atoms with E-state index in [0.717, 1.165) is 25.7 Å². The minimum atomic E-state index is -0.387. The number of aliphatic hydroxyl groups excluding tert-OH is 1. The second-order valence-corrected chi connectivity index (χ2v) is 9.33. The normalized spacial score (nSPS) is 18.2. The fraction of sp³-hybridized carbons (Fsp3) is 0.519. The Morgan fingerprint density at radius 2 is 1.87 bits per heavy atom. The molecule has 3 nitrogen and oxygen atoms in total. The Morgan fingerprint density at radius 1 is 1.23 bits per heavy atom. The molecule has 0 heterocycles. The van der Waals surface area contributed by atoms with Gasteiger partial charge in [0.05, 0.1) is 6.10 Å². The van der Waals surface area contributed by atoms with Gasteiger partial charge >= 0.3 is 0 Å². The van der Waals surface area contributed by atoms with Crippen molar-refractivity contribution in [1.29, 1.82) is 0 Å². The molecule has 1 unspecified atom stereocenters. The van der Waals surface area contributed by atoms with E-state index in [2.05, 4.69) is 32.2 Å². The molecule has 1 aliphatic rings. The molecule has 4 heteroatoms. The number of carbonyl (C=O) groups excluding carboxylic acids is 1. The van der Waals surface area contributed by atoms with Gasteiger partial charge in [-0.05, 0) is 74.6 Å². The van der Waals surface area contributed by atoms with Gasteiger partial charge < -0.3 is 10.4 Å². The summed E-state index contributed by atoms with van der Waals surface area (Å²) in [6.07, 6.45) is 9.19. The van der Waals surface area contributed by atoms with Crippen LogP contribution in [0, 0.1) is 5.41 Å². The van der Waals surface area contributed by atoms with Gasteiger partial charge in [-0.15, -0.1) is 0 Å². The molecule has 2 rings (SSSR count). The summed E-state index contributed by atoms with van der Waals surface area (Å²) in [5, 5.41) is 12.6. The fourth-order valence-electron chi connectivity index (χ4n) is 4.22. The van der Waals surface area contributed by atoms with E-state index in [4.69, 9.17) is 0 Å². The lowest BCUT2D eigenvalue weighted by atomic mass is 9.72. The van der Waals surface area contributed by atoms with Crippen LogP contribution in [0.2, 0.25) is 0 Å². The minimum Gasteiger partial charge on any atom is -0.393 e. The molecular formula is C27H38FNO2. The highest BCUT2D eigenvalue weighted by Crippen LogP contribution is 2.41. The highest BCUT2D eigenvalue weighted by molar-refractivity contribution is 5.94. The predicted octanol–water partition coefficient (Wildman–Crippen LogP) is 6.75. The number of hydrogen-bond acceptors (Lipinski definition) is 2. The molecule has 1 aromatic carbocycles. The van der Waals surface area contributed by atoms with E-state index in [1.54, 1.807) is 31.2 Å². The molecule has 31 heavy (non-hydrogen) atoms. The largest absolute Gasteiger partial charge is 0.393 e. The lowest BCUT2D eigenvalue weighted by molar-refractivity contribution is 0.0940. The van der Waals surface area contributed by atoms with Crippen molar-refractivity contribution in [3.8, 4) is 0 Å². The van der Waals surface area contributed by atoms with Gasteiger partial charge in [0.15, 0.2) is 0 Å². The van der Waals surface area contributed by atoms with Crippen LogP contribution in [0.1, 0.15) is 89.1 Å². The Morgan fingerprint density at radius 3 is 2.48 bits per heavy atom. The number of hydrogen-bond donors (Lipinski definition) is 2. The summed E-state index contributed by atoms with van der Waals surface area (Å²) in [6.45, 7) is 10.9. The van der Waals surface area contributed by atoms with E-state index in [1.807, 2.05) is 13.0 Å². The van der Waals surface area contributed by atoms with E-state index in [1.165, 1.54) is 17.6 Å². The van der Waals surface area contributed by atoms with Crippen LogP contribution in [0.25, 0.3) is 5.83 Å². The van der Waals surface area contributed by atoms with Gasteiger partial charge in [0.1, 0.15) is 5.83 Å². The quantitative estimate of drug-likeness (QED) is 0.428. The number of amides is 1. The standard InChI is InChI=1S/C27H38FNO2/c1-6-8-23(30)16-18-29-26(31)22-13-11-21(12-14-22)25(28)20(3)10-15-24-19(2)9-7-17-27(24,4)5/h10-15,23,30H,6-9,16-18H2,1-5H3,(H,29,31). The van der Waals surface area contributed by atoms with Gasteiger partial charge in [-0.2, -0.15) is 0 Å². The first kappa shape index (κ1) is 25.1. The van der Waals surface area contributed by atoms with Gasteiger partial charge in [-0.3, -0.25) is 4.79 Å². The third-order valence-electron chi connectivity index (χ3n) is 6.17. The molecule has 1 aliphatic carbocycles. The fourth-order valence-corrected chi connectivity index (χ4v) is 4.22. The topological polar surface area (TPSA) is 49.3 Å². The lowest BCUT2D eigenvalue weighted by Gasteiger charge is -2.33. The van der Waals surface area contributed by atoms with E-state index >= 15 is 0 Å². The Bertz CT molecular complexity index is 846. The van der Waals surface area contributed by atoms with Crippen LogP contribution in [0.4, 0.5) is 4.39 Å². The number of benzene rings is 1. The zero-order valence-corrected chi connectivity index (χ0v) is 19.7.